The number of rotatable bonds is 8. The van der Waals surface area contributed by atoms with E-state index in [2.05, 4.69) is 9.46 Å². The van der Waals surface area contributed by atoms with Crippen LogP contribution in [0.4, 0.5) is 0 Å². The molecule has 7 heteroatoms. The van der Waals surface area contributed by atoms with Crippen LogP contribution in [-0.4, -0.2) is 45.3 Å². The molecule has 0 saturated heterocycles. The predicted molar refractivity (Wildman–Crippen MR) is 77.7 cm³/mol. The van der Waals surface area contributed by atoms with Gasteiger partial charge in [0.2, 0.25) is 10.0 Å². The van der Waals surface area contributed by atoms with Crippen molar-refractivity contribution >= 4 is 27.8 Å². The second kappa shape index (κ2) is 8.11. The highest BCUT2D eigenvalue weighted by atomic mass is 32.2. The lowest BCUT2D eigenvalue weighted by molar-refractivity contribution is -0.145. The van der Waals surface area contributed by atoms with Gasteiger partial charge in [-0.05, 0) is 37.7 Å². The third kappa shape index (κ3) is 4.96. The zero-order valence-electron chi connectivity index (χ0n) is 11.6. The molecule has 1 saturated carbocycles. The molecule has 0 aromatic heterocycles. The van der Waals surface area contributed by atoms with Gasteiger partial charge >= 0.3 is 5.97 Å². The summed E-state index contributed by atoms with van der Waals surface area (Å²) in [4.78, 5) is 11.6. The number of thioether (sulfide) groups is 1. The molecule has 1 rings (SSSR count). The van der Waals surface area contributed by atoms with Crippen molar-refractivity contribution in [2.24, 2.45) is 5.92 Å². The molecular weight excluding hydrogens is 286 g/mol. The van der Waals surface area contributed by atoms with Gasteiger partial charge in [0.05, 0.1) is 18.3 Å². The van der Waals surface area contributed by atoms with Crippen molar-refractivity contribution in [1.29, 1.82) is 0 Å². The fourth-order valence-electron chi connectivity index (χ4n) is 2.41. The van der Waals surface area contributed by atoms with E-state index >= 15 is 0 Å². The van der Waals surface area contributed by atoms with Crippen molar-refractivity contribution in [3.8, 4) is 0 Å². The number of methoxy groups -OCH3 is 1. The lowest BCUT2D eigenvalue weighted by Gasteiger charge is -2.18. The van der Waals surface area contributed by atoms with Crippen molar-refractivity contribution in [3.05, 3.63) is 0 Å². The van der Waals surface area contributed by atoms with Crippen LogP contribution in [0.1, 0.15) is 32.1 Å². The van der Waals surface area contributed by atoms with E-state index in [-0.39, 0.29) is 0 Å². The number of nitrogens with one attached hydrogen (secondary N) is 1. The summed E-state index contributed by atoms with van der Waals surface area (Å²) in [6.07, 6.45) is 5.76. The summed E-state index contributed by atoms with van der Waals surface area (Å²) in [5, 5.41) is -0.625. The van der Waals surface area contributed by atoms with Crippen LogP contribution < -0.4 is 4.72 Å². The average Bonchev–Trinajstić information content (AvgIpc) is 2.87. The molecule has 1 N–H and O–H groups in total. The summed E-state index contributed by atoms with van der Waals surface area (Å²) in [7, 11) is -2.10. The summed E-state index contributed by atoms with van der Waals surface area (Å²) in [5.41, 5.74) is 0. The van der Waals surface area contributed by atoms with Gasteiger partial charge in [-0.3, -0.25) is 4.79 Å². The molecule has 0 aliphatic heterocycles. The van der Waals surface area contributed by atoms with Crippen LogP contribution in [-0.2, 0) is 19.6 Å². The van der Waals surface area contributed by atoms with E-state index in [0.717, 1.165) is 25.0 Å². The normalized spacial score (nSPS) is 23.5. The molecule has 2 atom stereocenters. The number of ether oxygens (including phenoxy) is 1. The third-order valence-electron chi connectivity index (χ3n) is 3.43. The quantitative estimate of drug-likeness (QED) is 0.542. The molecule has 0 bridgehead atoms. The van der Waals surface area contributed by atoms with Crippen LogP contribution in [0.2, 0.25) is 0 Å². The van der Waals surface area contributed by atoms with Gasteiger partial charge in [-0.2, -0.15) is 11.8 Å². The predicted octanol–water partition coefficient (Wildman–Crippen LogP) is 1.39. The van der Waals surface area contributed by atoms with Gasteiger partial charge in [-0.15, -0.1) is 0 Å². The molecule has 112 valence electrons. The van der Waals surface area contributed by atoms with Crippen LogP contribution >= 0.6 is 11.8 Å². The van der Waals surface area contributed by atoms with Gasteiger partial charge in [-0.1, -0.05) is 6.42 Å². The number of carbonyl (C=O) groups is 1. The molecule has 0 aromatic rings. The molecule has 0 heterocycles. The Kier molecular flexibility index (Phi) is 7.17. The maximum absolute atomic E-state index is 12.2. The standard InChI is InChI=1S/C12H23NO4S2/c1-17-12(14)10-6-5-7-11(10)19(15,16)13-8-3-4-9-18-2/h10-11,13H,3-9H2,1-2H3. The van der Waals surface area contributed by atoms with Crippen molar-refractivity contribution in [2.75, 3.05) is 25.7 Å². The highest BCUT2D eigenvalue weighted by molar-refractivity contribution is 7.98. The SMILES string of the molecule is COC(=O)C1CCCC1S(=O)(=O)NCCCCSC. The Hall–Kier alpha value is -0.270. The first-order chi connectivity index (χ1) is 9.03. The highest BCUT2D eigenvalue weighted by Gasteiger charge is 2.41. The monoisotopic (exact) mass is 309 g/mol. The summed E-state index contributed by atoms with van der Waals surface area (Å²) < 4.78 is 31.7. The zero-order valence-corrected chi connectivity index (χ0v) is 13.2. The maximum atomic E-state index is 12.2. The molecule has 0 radical (unpaired) electrons. The highest BCUT2D eigenvalue weighted by Crippen LogP contribution is 2.31. The molecule has 1 aliphatic carbocycles. The molecule has 1 fully saturated rings. The molecule has 2 unspecified atom stereocenters. The lowest BCUT2D eigenvalue weighted by Crippen LogP contribution is -2.39. The van der Waals surface area contributed by atoms with Gasteiger partial charge in [0.25, 0.3) is 0 Å². The van der Waals surface area contributed by atoms with E-state index in [4.69, 9.17) is 0 Å². The van der Waals surface area contributed by atoms with E-state index in [9.17, 15) is 13.2 Å². The molecule has 0 aromatic carbocycles. The van der Waals surface area contributed by atoms with Crippen molar-refractivity contribution < 1.29 is 17.9 Å². The van der Waals surface area contributed by atoms with E-state index in [1.54, 1.807) is 11.8 Å². The number of esters is 1. The van der Waals surface area contributed by atoms with Gasteiger partial charge in [-0.25, -0.2) is 13.1 Å². The minimum absolute atomic E-state index is 0.407. The number of unbranched alkanes of at least 4 members (excludes halogenated alkanes) is 1. The zero-order chi connectivity index (χ0) is 14.3. The van der Waals surface area contributed by atoms with E-state index in [1.807, 2.05) is 6.26 Å². The van der Waals surface area contributed by atoms with Crippen molar-refractivity contribution in [1.82, 2.24) is 4.72 Å². The fraction of sp³-hybridized carbons (Fsp3) is 0.917. The minimum atomic E-state index is -3.41. The fourth-order valence-corrected chi connectivity index (χ4v) is 4.70. The Bertz CT molecular complexity index is 383. The van der Waals surface area contributed by atoms with Gasteiger partial charge in [0.15, 0.2) is 0 Å². The Balaban J connectivity index is 2.49. The molecule has 19 heavy (non-hydrogen) atoms. The lowest BCUT2D eigenvalue weighted by atomic mass is 10.1. The van der Waals surface area contributed by atoms with Crippen LogP contribution in [0, 0.1) is 5.92 Å². The number of hydrogen-bond donors (Lipinski definition) is 1. The second-order valence-corrected chi connectivity index (χ2v) is 7.71. The van der Waals surface area contributed by atoms with E-state index < -0.39 is 27.2 Å². The summed E-state index contributed by atoms with van der Waals surface area (Å²) >= 11 is 1.75. The van der Waals surface area contributed by atoms with Crippen LogP contribution in [0.3, 0.4) is 0 Å². The van der Waals surface area contributed by atoms with Gasteiger partial charge < -0.3 is 4.74 Å². The maximum Gasteiger partial charge on any atom is 0.310 e. The summed E-state index contributed by atoms with van der Waals surface area (Å²) in [6.45, 7) is 0.452. The van der Waals surface area contributed by atoms with Gasteiger partial charge in [0.1, 0.15) is 0 Å². The van der Waals surface area contributed by atoms with E-state index in [0.29, 0.717) is 19.4 Å². The largest absolute Gasteiger partial charge is 0.469 e. The first-order valence-electron chi connectivity index (χ1n) is 6.58. The smallest absolute Gasteiger partial charge is 0.310 e. The topological polar surface area (TPSA) is 72.5 Å². The van der Waals surface area contributed by atoms with Crippen LogP contribution in [0.5, 0.6) is 0 Å². The van der Waals surface area contributed by atoms with Crippen molar-refractivity contribution in [2.45, 2.75) is 37.4 Å². The Morgan fingerprint density at radius 1 is 1.37 bits per heavy atom. The molecular formula is C12H23NO4S2. The Morgan fingerprint density at radius 2 is 2.11 bits per heavy atom. The summed E-state index contributed by atoms with van der Waals surface area (Å²) in [6, 6.07) is 0. The first-order valence-corrected chi connectivity index (χ1v) is 9.52. The average molecular weight is 309 g/mol. The first kappa shape index (κ1) is 16.8. The summed E-state index contributed by atoms with van der Waals surface area (Å²) in [5.74, 6) is 0.125. The van der Waals surface area contributed by atoms with Crippen molar-refractivity contribution in [3.63, 3.8) is 0 Å². The van der Waals surface area contributed by atoms with Crippen LogP contribution in [0.15, 0.2) is 0 Å². The minimum Gasteiger partial charge on any atom is -0.469 e. The van der Waals surface area contributed by atoms with Gasteiger partial charge in [0, 0.05) is 6.54 Å². The molecule has 0 spiro atoms. The molecule has 5 nitrogen and oxygen atoms in total. The van der Waals surface area contributed by atoms with E-state index in [1.165, 1.54) is 7.11 Å². The molecule has 0 amide bonds. The third-order valence-corrected chi connectivity index (χ3v) is 6.10. The Morgan fingerprint density at radius 3 is 2.74 bits per heavy atom. The molecule has 1 aliphatic rings. The van der Waals surface area contributed by atoms with Crippen LogP contribution in [0.25, 0.3) is 0 Å². The second-order valence-electron chi connectivity index (χ2n) is 4.74. The Labute approximate surface area is 119 Å². The number of hydrogen-bond acceptors (Lipinski definition) is 5. The number of carbonyl (C=O) groups excluding carboxylic acids is 1. The number of sulfonamides is 1.